The van der Waals surface area contributed by atoms with Crippen molar-refractivity contribution in [3.8, 4) is 5.75 Å². The van der Waals surface area contributed by atoms with Gasteiger partial charge in [-0.1, -0.05) is 29.8 Å². The van der Waals surface area contributed by atoms with Crippen molar-refractivity contribution in [2.24, 2.45) is 0 Å². The van der Waals surface area contributed by atoms with Crippen LogP contribution in [0.2, 0.25) is 0 Å². The zero-order valence-electron chi connectivity index (χ0n) is 14.7. The molecule has 0 bridgehead atoms. The van der Waals surface area contributed by atoms with E-state index in [1.54, 1.807) is 62.6 Å². The highest BCUT2D eigenvalue weighted by Gasteiger charge is 2.50. The molecule has 7 nitrogen and oxygen atoms in total. The quantitative estimate of drug-likeness (QED) is 0.824. The Morgan fingerprint density at radius 1 is 1.08 bits per heavy atom. The van der Waals surface area contributed by atoms with Crippen LogP contribution in [0.5, 0.6) is 5.75 Å². The number of nitrogens with zero attached hydrogens (tertiary/aromatic N) is 1. The lowest BCUT2D eigenvalue weighted by atomic mass is 9.92. The monoisotopic (exact) mass is 353 g/mol. The van der Waals surface area contributed by atoms with E-state index >= 15 is 0 Å². The Kier molecular flexibility index (Phi) is 4.38. The third-order valence-corrected chi connectivity index (χ3v) is 4.39. The Balaban J connectivity index is 1.81. The first kappa shape index (κ1) is 17.5. The lowest BCUT2D eigenvalue weighted by Gasteiger charge is -2.22. The number of hydrogen-bond donors (Lipinski definition) is 2. The van der Waals surface area contributed by atoms with Crippen LogP contribution in [-0.4, -0.2) is 30.0 Å². The molecule has 1 heterocycles. The minimum atomic E-state index is -1.27. The van der Waals surface area contributed by atoms with Gasteiger partial charge in [0.2, 0.25) is 0 Å². The Morgan fingerprint density at radius 2 is 1.69 bits per heavy atom. The van der Waals surface area contributed by atoms with Crippen LogP contribution in [0, 0.1) is 6.92 Å². The molecule has 3 rings (SSSR count). The fourth-order valence-electron chi connectivity index (χ4n) is 2.73. The van der Waals surface area contributed by atoms with Crippen molar-refractivity contribution in [3.05, 3.63) is 65.2 Å². The molecule has 2 aromatic carbocycles. The first-order valence-corrected chi connectivity index (χ1v) is 8.04. The molecule has 2 aromatic rings. The molecule has 0 aliphatic carbocycles. The summed E-state index contributed by atoms with van der Waals surface area (Å²) in [5.74, 6) is -0.459. The van der Waals surface area contributed by atoms with Gasteiger partial charge < -0.3 is 10.1 Å². The van der Waals surface area contributed by atoms with E-state index in [0.29, 0.717) is 21.9 Å². The first-order valence-electron chi connectivity index (χ1n) is 8.04. The van der Waals surface area contributed by atoms with Gasteiger partial charge in [-0.3, -0.25) is 15.0 Å². The topological polar surface area (TPSA) is 87.7 Å². The molecular formula is C19H19N3O4. The molecule has 1 saturated heterocycles. The van der Waals surface area contributed by atoms with Crippen LogP contribution < -0.4 is 15.5 Å². The zero-order valence-corrected chi connectivity index (χ0v) is 14.7. The average molecular weight is 353 g/mol. The summed E-state index contributed by atoms with van der Waals surface area (Å²) >= 11 is 0. The van der Waals surface area contributed by atoms with Crippen molar-refractivity contribution >= 4 is 17.8 Å². The summed E-state index contributed by atoms with van der Waals surface area (Å²) in [5, 5.41) is 3.35. The number of hydrazine groups is 1. The molecule has 0 saturated carbocycles. The van der Waals surface area contributed by atoms with Gasteiger partial charge in [0.15, 0.2) is 0 Å². The number of ether oxygens (including phenoxy) is 1. The Hall–Kier alpha value is -3.35. The number of imide groups is 1. The molecule has 0 spiro atoms. The van der Waals surface area contributed by atoms with E-state index in [4.69, 9.17) is 4.74 Å². The van der Waals surface area contributed by atoms with Crippen LogP contribution in [0.25, 0.3) is 0 Å². The van der Waals surface area contributed by atoms with Crippen LogP contribution in [0.1, 0.15) is 28.4 Å². The van der Waals surface area contributed by atoms with Crippen LogP contribution >= 0.6 is 0 Å². The third-order valence-electron chi connectivity index (χ3n) is 4.39. The average Bonchev–Trinajstić information content (AvgIpc) is 2.86. The summed E-state index contributed by atoms with van der Waals surface area (Å²) in [5.41, 5.74) is 3.04. The first-order chi connectivity index (χ1) is 12.3. The van der Waals surface area contributed by atoms with Crippen LogP contribution in [0.15, 0.2) is 48.5 Å². The van der Waals surface area contributed by atoms with E-state index in [1.165, 1.54) is 0 Å². The molecule has 0 aromatic heterocycles. The maximum Gasteiger partial charge on any atom is 0.344 e. The number of carbonyl (C=O) groups excluding carboxylic acids is 3. The maximum absolute atomic E-state index is 12.8. The molecule has 134 valence electrons. The predicted molar refractivity (Wildman–Crippen MR) is 94.4 cm³/mol. The van der Waals surface area contributed by atoms with Crippen LogP contribution in [0.3, 0.4) is 0 Å². The van der Waals surface area contributed by atoms with E-state index in [1.807, 2.05) is 6.92 Å². The Morgan fingerprint density at radius 3 is 2.27 bits per heavy atom. The molecule has 26 heavy (non-hydrogen) atoms. The van der Waals surface area contributed by atoms with Crippen LogP contribution in [-0.2, 0) is 10.3 Å². The summed E-state index contributed by atoms with van der Waals surface area (Å²) in [7, 11) is 1.54. The molecule has 1 fully saturated rings. The highest BCUT2D eigenvalue weighted by atomic mass is 16.5. The largest absolute Gasteiger partial charge is 0.497 e. The van der Waals surface area contributed by atoms with Crippen molar-refractivity contribution < 1.29 is 19.1 Å². The normalized spacial score (nSPS) is 19.3. The molecule has 1 atom stereocenters. The number of methoxy groups -OCH3 is 1. The number of hydrogen-bond acceptors (Lipinski definition) is 4. The van der Waals surface area contributed by atoms with Crippen molar-refractivity contribution in [1.82, 2.24) is 15.8 Å². The van der Waals surface area contributed by atoms with Gasteiger partial charge in [0, 0.05) is 5.56 Å². The molecule has 4 amide bonds. The number of carbonyl (C=O) groups is 3. The van der Waals surface area contributed by atoms with Gasteiger partial charge in [-0.05, 0) is 43.7 Å². The second-order valence-electron chi connectivity index (χ2n) is 6.23. The maximum atomic E-state index is 12.8. The molecule has 7 heteroatoms. The fraction of sp³-hybridized carbons (Fsp3) is 0.211. The van der Waals surface area contributed by atoms with E-state index in [2.05, 4.69) is 10.7 Å². The van der Waals surface area contributed by atoms with Gasteiger partial charge in [0.25, 0.3) is 11.8 Å². The second kappa shape index (κ2) is 6.51. The highest BCUT2D eigenvalue weighted by Crippen LogP contribution is 2.29. The summed E-state index contributed by atoms with van der Waals surface area (Å²) < 4.78 is 5.10. The molecule has 1 aliphatic heterocycles. The lowest BCUT2D eigenvalue weighted by molar-refractivity contribution is -0.132. The van der Waals surface area contributed by atoms with E-state index in [0.717, 1.165) is 5.56 Å². The van der Waals surface area contributed by atoms with E-state index in [9.17, 15) is 14.4 Å². The van der Waals surface area contributed by atoms with Gasteiger partial charge in [0.1, 0.15) is 11.3 Å². The number of aryl methyl sites for hydroxylation is 1. The summed E-state index contributed by atoms with van der Waals surface area (Å²) in [6.45, 7) is 3.49. The Labute approximate surface area is 150 Å². The Bertz CT molecular complexity index is 861. The highest BCUT2D eigenvalue weighted by molar-refractivity contribution is 6.09. The second-order valence-corrected chi connectivity index (χ2v) is 6.23. The van der Waals surface area contributed by atoms with Crippen molar-refractivity contribution in [3.63, 3.8) is 0 Å². The van der Waals surface area contributed by atoms with Crippen molar-refractivity contribution in [1.29, 1.82) is 0 Å². The van der Waals surface area contributed by atoms with Gasteiger partial charge >= 0.3 is 6.03 Å². The third kappa shape index (κ3) is 2.99. The fourth-order valence-corrected chi connectivity index (χ4v) is 2.73. The summed E-state index contributed by atoms with van der Waals surface area (Å²) in [6.07, 6.45) is 0. The number of rotatable bonds is 4. The van der Waals surface area contributed by atoms with Gasteiger partial charge in [-0.15, -0.1) is 0 Å². The van der Waals surface area contributed by atoms with Gasteiger partial charge in [-0.2, -0.15) is 5.01 Å². The standard InChI is InChI=1S/C19H19N3O4/c1-12-4-6-13(7-5-12)16(23)21-22-17(24)19(2,20-18(22)25)14-8-10-15(26-3)11-9-14/h4-11H,1-3H3,(H,20,25)(H,21,23)/t19-/m1/s1. The van der Waals surface area contributed by atoms with Crippen LogP contribution in [0.4, 0.5) is 4.79 Å². The van der Waals surface area contributed by atoms with E-state index < -0.39 is 23.4 Å². The summed E-state index contributed by atoms with van der Waals surface area (Å²) in [4.78, 5) is 37.4. The lowest BCUT2D eigenvalue weighted by Crippen LogP contribution is -2.47. The van der Waals surface area contributed by atoms with Crippen molar-refractivity contribution in [2.45, 2.75) is 19.4 Å². The zero-order chi connectivity index (χ0) is 18.9. The molecule has 0 unspecified atom stereocenters. The SMILES string of the molecule is COc1ccc([C@@]2(C)NC(=O)N(NC(=O)c3ccc(C)cc3)C2=O)cc1. The number of nitrogens with one attached hydrogen (secondary N) is 2. The number of urea groups is 1. The number of benzene rings is 2. The molecule has 0 radical (unpaired) electrons. The van der Waals surface area contributed by atoms with E-state index in [-0.39, 0.29) is 0 Å². The molecule has 1 aliphatic rings. The smallest absolute Gasteiger partial charge is 0.344 e. The minimum Gasteiger partial charge on any atom is -0.497 e. The summed E-state index contributed by atoms with van der Waals surface area (Å²) in [6, 6.07) is 12.9. The minimum absolute atomic E-state index is 0.356. The number of amides is 4. The van der Waals surface area contributed by atoms with Gasteiger partial charge in [-0.25, -0.2) is 4.79 Å². The van der Waals surface area contributed by atoms with Crippen molar-refractivity contribution in [2.75, 3.05) is 7.11 Å². The molecule has 2 N–H and O–H groups in total. The molecular weight excluding hydrogens is 334 g/mol. The predicted octanol–water partition coefficient (Wildman–Crippen LogP) is 2.12. The van der Waals surface area contributed by atoms with Gasteiger partial charge in [0.05, 0.1) is 7.11 Å².